The lowest BCUT2D eigenvalue weighted by Gasteiger charge is -2.15. The van der Waals surface area contributed by atoms with Crippen molar-refractivity contribution in [1.82, 2.24) is 0 Å². The lowest BCUT2D eigenvalue weighted by molar-refractivity contribution is -0.312. The molecule has 0 fully saturated rings. The summed E-state index contributed by atoms with van der Waals surface area (Å²) in [5, 5.41) is 11.0. The van der Waals surface area contributed by atoms with E-state index in [0.29, 0.717) is 16.7 Å². The van der Waals surface area contributed by atoms with Crippen LogP contribution < -0.4 is 15.3 Å². The average Bonchev–Trinajstić information content (AvgIpc) is 2.56. The summed E-state index contributed by atoms with van der Waals surface area (Å²) in [4.78, 5) is 23.0. The monoisotopic (exact) mass is 309 g/mol. The molecule has 1 atom stereocenters. The SMILES string of the molecule is C[C@@H](Oc1ccc2oc(-c3ccccc3)cc(=O)c2c1)C(=O)[O-]. The van der Waals surface area contributed by atoms with E-state index < -0.39 is 12.1 Å². The van der Waals surface area contributed by atoms with E-state index in [4.69, 9.17) is 9.15 Å². The van der Waals surface area contributed by atoms with E-state index in [1.54, 1.807) is 12.1 Å². The van der Waals surface area contributed by atoms with E-state index >= 15 is 0 Å². The second kappa shape index (κ2) is 5.96. The Labute approximate surface area is 131 Å². The molecule has 23 heavy (non-hydrogen) atoms. The van der Waals surface area contributed by atoms with Gasteiger partial charge in [-0.05, 0) is 25.1 Å². The summed E-state index contributed by atoms with van der Waals surface area (Å²) < 4.78 is 11.0. The van der Waals surface area contributed by atoms with Crippen LogP contribution in [0.1, 0.15) is 6.92 Å². The minimum atomic E-state index is -1.32. The molecule has 1 aromatic heterocycles. The van der Waals surface area contributed by atoms with Gasteiger partial charge in [-0.15, -0.1) is 0 Å². The van der Waals surface area contributed by atoms with Crippen molar-refractivity contribution in [3.63, 3.8) is 0 Å². The van der Waals surface area contributed by atoms with E-state index in [9.17, 15) is 14.7 Å². The third-order valence-electron chi connectivity index (χ3n) is 3.40. The molecular weight excluding hydrogens is 296 g/mol. The summed E-state index contributed by atoms with van der Waals surface area (Å²) in [6, 6.07) is 15.3. The van der Waals surface area contributed by atoms with Gasteiger partial charge in [-0.3, -0.25) is 4.79 Å². The number of benzene rings is 2. The number of rotatable bonds is 4. The molecule has 0 saturated carbocycles. The van der Waals surface area contributed by atoms with E-state index in [1.165, 1.54) is 19.1 Å². The predicted octanol–water partition coefficient (Wildman–Crippen LogP) is 1.98. The van der Waals surface area contributed by atoms with Crippen molar-refractivity contribution in [2.24, 2.45) is 0 Å². The van der Waals surface area contributed by atoms with Crippen molar-refractivity contribution in [3.05, 3.63) is 64.8 Å². The van der Waals surface area contributed by atoms with Crippen LogP contribution in [0.5, 0.6) is 5.75 Å². The van der Waals surface area contributed by atoms with Gasteiger partial charge in [0.2, 0.25) is 0 Å². The number of hydrogen-bond acceptors (Lipinski definition) is 5. The maximum absolute atomic E-state index is 12.3. The fourth-order valence-electron chi connectivity index (χ4n) is 2.21. The zero-order chi connectivity index (χ0) is 16.4. The lowest BCUT2D eigenvalue weighted by atomic mass is 10.1. The first kappa shape index (κ1) is 14.8. The highest BCUT2D eigenvalue weighted by atomic mass is 16.5. The molecule has 0 saturated heterocycles. The Morgan fingerprint density at radius 2 is 1.87 bits per heavy atom. The molecule has 0 aliphatic rings. The van der Waals surface area contributed by atoms with Gasteiger partial charge in [-0.2, -0.15) is 0 Å². The molecule has 0 amide bonds. The Morgan fingerprint density at radius 1 is 1.13 bits per heavy atom. The summed E-state index contributed by atoms with van der Waals surface area (Å²) in [5.41, 5.74) is 0.985. The molecule has 1 heterocycles. The van der Waals surface area contributed by atoms with Crippen LogP contribution in [0.15, 0.2) is 63.8 Å². The highest BCUT2D eigenvalue weighted by molar-refractivity contribution is 5.80. The van der Waals surface area contributed by atoms with Gasteiger partial charge in [0.05, 0.1) is 11.4 Å². The zero-order valence-electron chi connectivity index (χ0n) is 12.3. The molecule has 0 aliphatic carbocycles. The van der Waals surface area contributed by atoms with Crippen molar-refractivity contribution >= 4 is 16.9 Å². The predicted molar refractivity (Wildman–Crippen MR) is 83.0 cm³/mol. The van der Waals surface area contributed by atoms with Gasteiger partial charge in [0.1, 0.15) is 23.2 Å². The average molecular weight is 309 g/mol. The first-order chi connectivity index (χ1) is 11.0. The topological polar surface area (TPSA) is 79.6 Å². The van der Waals surface area contributed by atoms with Crippen LogP contribution in [0.25, 0.3) is 22.3 Å². The number of aliphatic carboxylic acids is 1. The minimum Gasteiger partial charge on any atom is -0.546 e. The third kappa shape index (κ3) is 3.08. The van der Waals surface area contributed by atoms with Gasteiger partial charge in [0.25, 0.3) is 0 Å². The number of carbonyl (C=O) groups excluding carboxylic acids is 1. The van der Waals surface area contributed by atoms with E-state index in [2.05, 4.69) is 0 Å². The molecule has 3 rings (SSSR count). The molecule has 0 radical (unpaired) electrons. The third-order valence-corrected chi connectivity index (χ3v) is 3.40. The fraction of sp³-hybridized carbons (Fsp3) is 0.111. The number of hydrogen-bond donors (Lipinski definition) is 0. The van der Waals surface area contributed by atoms with Gasteiger partial charge in [0, 0.05) is 11.6 Å². The molecule has 5 heteroatoms. The van der Waals surface area contributed by atoms with Crippen molar-refractivity contribution in [2.75, 3.05) is 0 Å². The second-order valence-corrected chi connectivity index (χ2v) is 5.08. The minimum absolute atomic E-state index is 0.225. The van der Waals surface area contributed by atoms with Gasteiger partial charge >= 0.3 is 0 Å². The molecule has 0 aliphatic heterocycles. The van der Waals surface area contributed by atoms with Gasteiger partial charge in [-0.25, -0.2) is 0 Å². The Bertz CT molecular complexity index is 912. The Balaban J connectivity index is 2.03. The highest BCUT2D eigenvalue weighted by Gasteiger charge is 2.10. The number of carbonyl (C=O) groups is 1. The Kier molecular flexibility index (Phi) is 3.85. The Hall–Kier alpha value is -3.08. The van der Waals surface area contributed by atoms with Crippen molar-refractivity contribution in [3.8, 4) is 17.1 Å². The second-order valence-electron chi connectivity index (χ2n) is 5.08. The maximum atomic E-state index is 12.3. The molecule has 0 N–H and O–H groups in total. The lowest BCUT2D eigenvalue weighted by Crippen LogP contribution is -2.37. The smallest absolute Gasteiger partial charge is 0.193 e. The largest absolute Gasteiger partial charge is 0.546 e. The number of carboxylic acid groups (broad SMARTS) is 1. The fourth-order valence-corrected chi connectivity index (χ4v) is 2.21. The number of carboxylic acids is 1. The van der Waals surface area contributed by atoms with Crippen molar-refractivity contribution < 1.29 is 19.1 Å². The molecule has 5 nitrogen and oxygen atoms in total. The molecule has 2 aromatic carbocycles. The summed E-state index contributed by atoms with van der Waals surface area (Å²) in [5.74, 6) is -0.578. The van der Waals surface area contributed by atoms with Gasteiger partial charge in [0.15, 0.2) is 5.43 Å². The van der Waals surface area contributed by atoms with Crippen LogP contribution in [-0.2, 0) is 4.79 Å². The summed E-state index contributed by atoms with van der Waals surface area (Å²) >= 11 is 0. The zero-order valence-corrected chi connectivity index (χ0v) is 12.3. The van der Waals surface area contributed by atoms with E-state index in [0.717, 1.165) is 5.56 Å². The highest BCUT2D eigenvalue weighted by Crippen LogP contribution is 2.24. The first-order valence-corrected chi connectivity index (χ1v) is 7.05. The maximum Gasteiger partial charge on any atom is 0.193 e. The molecule has 0 bridgehead atoms. The quantitative estimate of drug-likeness (QED) is 0.736. The van der Waals surface area contributed by atoms with Crippen LogP contribution >= 0.6 is 0 Å². The summed E-state index contributed by atoms with van der Waals surface area (Å²) in [7, 11) is 0. The molecule has 0 spiro atoms. The normalized spacial score (nSPS) is 12.0. The van der Waals surface area contributed by atoms with E-state index in [1.807, 2.05) is 30.3 Å². The molecule has 0 unspecified atom stereocenters. The van der Waals surface area contributed by atoms with Crippen LogP contribution in [0.4, 0.5) is 0 Å². The Morgan fingerprint density at radius 3 is 2.57 bits per heavy atom. The van der Waals surface area contributed by atoms with Crippen LogP contribution in [0.3, 0.4) is 0 Å². The molecular formula is C18H13O5-. The van der Waals surface area contributed by atoms with Crippen LogP contribution in [-0.4, -0.2) is 12.1 Å². The van der Waals surface area contributed by atoms with Crippen molar-refractivity contribution in [1.29, 1.82) is 0 Å². The van der Waals surface area contributed by atoms with Crippen LogP contribution in [0, 0.1) is 0 Å². The van der Waals surface area contributed by atoms with Gasteiger partial charge in [-0.1, -0.05) is 30.3 Å². The molecule has 3 aromatic rings. The molecule has 116 valence electrons. The van der Waals surface area contributed by atoms with Crippen molar-refractivity contribution in [2.45, 2.75) is 13.0 Å². The summed E-state index contributed by atoms with van der Waals surface area (Å²) in [6.07, 6.45) is -1.11. The standard InChI is InChI=1S/C18H14O5/c1-11(18(20)21)22-13-7-8-16-14(9-13)15(19)10-17(23-16)12-5-3-2-4-6-12/h2-11H,1H3,(H,20,21)/p-1/t11-/m1/s1. The summed E-state index contributed by atoms with van der Waals surface area (Å²) in [6.45, 7) is 1.36. The van der Waals surface area contributed by atoms with Crippen LogP contribution in [0.2, 0.25) is 0 Å². The number of ether oxygens (including phenoxy) is 1. The van der Waals surface area contributed by atoms with E-state index in [-0.39, 0.29) is 11.2 Å². The number of fused-ring (bicyclic) bond motifs is 1. The first-order valence-electron chi connectivity index (χ1n) is 7.05. The van der Waals surface area contributed by atoms with Gasteiger partial charge < -0.3 is 19.1 Å².